The lowest BCUT2D eigenvalue weighted by Gasteiger charge is -2.20. The molecular weight excluding hydrogens is 310 g/mol. The van der Waals surface area contributed by atoms with E-state index in [1.807, 2.05) is 17.8 Å². The number of halogens is 1. The van der Waals surface area contributed by atoms with Crippen LogP contribution in [-0.2, 0) is 0 Å². The number of thioether (sulfide) groups is 1. The molecule has 18 heavy (non-hydrogen) atoms. The summed E-state index contributed by atoms with van der Waals surface area (Å²) in [5, 5.41) is 3.62. The Hall–Kier alpha value is -0.190. The smallest absolute Gasteiger partial charge is 0.133 e. The van der Waals surface area contributed by atoms with E-state index in [9.17, 15) is 0 Å². The highest BCUT2D eigenvalue weighted by atomic mass is 79.9. The predicted octanol–water partition coefficient (Wildman–Crippen LogP) is 4.25. The first-order valence-corrected chi connectivity index (χ1v) is 8.35. The van der Waals surface area contributed by atoms with Crippen LogP contribution >= 0.6 is 27.7 Å². The first-order valence-electron chi connectivity index (χ1n) is 6.17. The average molecular weight is 332 g/mol. The minimum atomic E-state index is 0.351. The fourth-order valence-corrected chi connectivity index (χ4v) is 3.00. The molecule has 0 aromatic heterocycles. The van der Waals surface area contributed by atoms with Gasteiger partial charge in [0, 0.05) is 12.1 Å². The first kappa shape index (κ1) is 15.9. The summed E-state index contributed by atoms with van der Waals surface area (Å²) in [6.45, 7) is 4.44. The van der Waals surface area contributed by atoms with Gasteiger partial charge in [0.2, 0.25) is 0 Å². The van der Waals surface area contributed by atoms with Gasteiger partial charge in [-0.2, -0.15) is 11.8 Å². The molecule has 1 aromatic rings. The van der Waals surface area contributed by atoms with E-state index in [-0.39, 0.29) is 0 Å². The van der Waals surface area contributed by atoms with E-state index < -0.39 is 0 Å². The van der Waals surface area contributed by atoms with Gasteiger partial charge in [-0.1, -0.05) is 6.07 Å². The summed E-state index contributed by atoms with van der Waals surface area (Å²) >= 11 is 5.42. The van der Waals surface area contributed by atoms with E-state index in [4.69, 9.17) is 4.74 Å². The molecule has 1 rings (SSSR count). The van der Waals surface area contributed by atoms with Crippen LogP contribution in [0.15, 0.2) is 22.7 Å². The van der Waals surface area contributed by atoms with E-state index >= 15 is 0 Å². The Morgan fingerprint density at radius 1 is 1.39 bits per heavy atom. The molecule has 0 radical (unpaired) electrons. The molecule has 102 valence electrons. The number of methoxy groups -OCH3 is 1. The predicted molar refractivity (Wildman–Crippen MR) is 84.7 cm³/mol. The lowest BCUT2D eigenvalue weighted by atomic mass is 10.1. The topological polar surface area (TPSA) is 21.3 Å². The SMILES string of the molecule is COc1ccc(C(C)NC(C)CCSC)cc1Br. The molecule has 0 saturated heterocycles. The average Bonchev–Trinajstić information content (AvgIpc) is 2.36. The number of hydrogen-bond acceptors (Lipinski definition) is 3. The van der Waals surface area contributed by atoms with Crippen LogP contribution in [0.5, 0.6) is 5.75 Å². The Kier molecular flexibility index (Phi) is 7.12. The highest BCUT2D eigenvalue weighted by molar-refractivity contribution is 9.10. The van der Waals surface area contributed by atoms with Crippen molar-refractivity contribution < 1.29 is 4.74 Å². The van der Waals surface area contributed by atoms with Crippen molar-refractivity contribution in [1.82, 2.24) is 5.32 Å². The van der Waals surface area contributed by atoms with E-state index in [2.05, 4.69) is 53.5 Å². The zero-order valence-electron chi connectivity index (χ0n) is 11.5. The molecule has 1 N–H and O–H groups in total. The maximum atomic E-state index is 5.24. The lowest BCUT2D eigenvalue weighted by Crippen LogP contribution is -2.29. The molecule has 0 saturated carbocycles. The van der Waals surface area contributed by atoms with Gasteiger partial charge in [-0.05, 0) is 65.9 Å². The molecule has 4 heteroatoms. The molecule has 2 nitrogen and oxygen atoms in total. The van der Waals surface area contributed by atoms with Gasteiger partial charge >= 0.3 is 0 Å². The standard InChI is InChI=1S/C14H22BrNOS/c1-10(7-8-18-4)16-11(2)12-5-6-14(17-3)13(15)9-12/h5-6,9-11,16H,7-8H2,1-4H3. The Bertz CT molecular complexity index is 373. The van der Waals surface area contributed by atoms with Crippen molar-refractivity contribution in [2.45, 2.75) is 32.4 Å². The van der Waals surface area contributed by atoms with Gasteiger partial charge in [0.25, 0.3) is 0 Å². The second-order valence-electron chi connectivity index (χ2n) is 4.46. The highest BCUT2D eigenvalue weighted by Gasteiger charge is 2.11. The van der Waals surface area contributed by atoms with Gasteiger partial charge in [-0.3, -0.25) is 0 Å². The van der Waals surface area contributed by atoms with Crippen LogP contribution in [0.3, 0.4) is 0 Å². The van der Waals surface area contributed by atoms with Crippen LogP contribution in [-0.4, -0.2) is 25.2 Å². The number of nitrogens with one attached hydrogen (secondary N) is 1. The largest absolute Gasteiger partial charge is 0.496 e. The van der Waals surface area contributed by atoms with Crippen molar-refractivity contribution in [2.24, 2.45) is 0 Å². The van der Waals surface area contributed by atoms with Crippen LogP contribution in [0.25, 0.3) is 0 Å². The summed E-state index contributed by atoms with van der Waals surface area (Å²) in [6.07, 6.45) is 3.35. The van der Waals surface area contributed by atoms with Gasteiger partial charge in [0.15, 0.2) is 0 Å². The fraction of sp³-hybridized carbons (Fsp3) is 0.571. The monoisotopic (exact) mass is 331 g/mol. The lowest BCUT2D eigenvalue weighted by molar-refractivity contribution is 0.411. The molecule has 0 fully saturated rings. The summed E-state index contributed by atoms with van der Waals surface area (Å²) in [6, 6.07) is 7.13. The maximum Gasteiger partial charge on any atom is 0.133 e. The second kappa shape index (κ2) is 8.08. The summed E-state index contributed by atoms with van der Waals surface area (Å²) < 4.78 is 6.25. The Morgan fingerprint density at radius 3 is 2.67 bits per heavy atom. The minimum Gasteiger partial charge on any atom is -0.496 e. The van der Waals surface area contributed by atoms with Gasteiger partial charge < -0.3 is 10.1 Å². The Balaban J connectivity index is 2.61. The Morgan fingerprint density at radius 2 is 2.11 bits per heavy atom. The zero-order valence-corrected chi connectivity index (χ0v) is 13.9. The van der Waals surface area contributed by atoms with Crippen molar-refractivity contribution in [3.8, 4) is 5.75 Å². The zero-order chi connectivity index (χ0) is 13.5. The van der Waals surface area contributed by atoms with Gasteiger partial charge in [0.1, 0.15) is 5.75 Å². The normalized spacial score (nSPS) is 14.3. The molecule has 0 spiro atoms. The van der Waals surface area contributed by atoms with Crippen molar-refractivity contribution in [3.05, 3.63) is 28.2 Å². The molecule has 0 heterocycles. The van der Waals surface area contributed by atoms with Gasteiger partial charge in [-0.15, -0.1) is 0 Å². The number of hydrogen-bond donors (Lipinski definition) is 1. The number of benzene rings is 1. The van der Waals surface area contributed by atoms with Crippen molar-refractivity contribution in [1.29, 1.82) is 0 Å². The molecular formula is C14H22BrNOS. The van der Waals surface area contributed by atoms with Crippen molar-refractivity contribution in [2.75, 3.05) is 19.1 Å². The molecule has 0 amide bonds. The first-order chi connectivity index (χ1) is 8.58. The molecule has 1 aromatic carbocycles. The summed E-state index contributed by atoms with van der Waals surface area (Å²) in [7, 11) is 1.69. The van der Waals surface area contributed by atoms with Crippen LogP contribution in [0.2, 0.25) is 0 Å². The number of ether oxygens (including phenoxy) is 1. The molecule has 0 bridgehead atoms. The van der Waals surface area contributed by atoms with Gasteiger partial charge in [0.05, 0.1) is 11.6 Å². The van der Waals surface area contributed by atoms with E-state index in [1.54, 1.807) is 7.11 Å². The summed E-state index contributed by atoms with van der Waals surface area (Å²) in [5.41, 5.74) is 1.28. The van der Waals surface area contributed by atoms with E-state index in [0.29, 0.717) is 12.1 Å². The van der Waals surface area contributed by atoms with Gasteiger partial charge in [-0.25, -0.2) is 0 Å². The fourth-order valence-electron chi connectivity index (χ4n) is 1.85. The third-order valence-corrected chi connectivity index (χ3v) is 4.23. The summed E-state index contributed by atoms with van der Waals surface area (Å²) in [4.78, 5) is 0. The third-order valence-electron chi connectivity index (χ3n) is 2.97. The highest BCUT2D eigenvalue weighted by Crippen LogP contribution is 2.28. The molecule has 2 unspecified atom stereocenters. The molecule has 0 aliphatic rings. The van der Waals surface area contributed by atoms with Crippen LogP contribution in [0.4, 0.5) is 0 Å². The molecule has 0 aliphatic heterocycles. The molecule has 0 aliphatic carbocycles. The van der Waals surface area contributed by atoms with E-state index in [1.165, 1.54) is 17.7 Å². The van der Waals surface area contributed by atoms with Crippen LogP contribution in [0, 0.1) is 0 Å². The second-order valence-corrected chi connectivity index (χ2v) is 6.30. The van der Waals surface area contributed by atoms with Crippen LogP contribution < -0.4 is 10.1 Å². The molecule has 2 atom stereocenters. The third kappa shape index (κ3) is 4.82. The van der Waals surface area contributed by atoms with E-state index in [0.717, 1.165) is 10.2 Å². The summed E-state index contributed by atoms with van der Waals surface area (Å²) in [5.74, 6) is 2.08. The maximum absolute atomic E-state index is 5.24. The van der Waals surface area contributed by atoms with Crippen molar-refractivity contribution in [3.63, 3.8) is 0 Å². The van der Waals surface area contributed by atoms with Crippen molar-refractivity contribution >= 4 is 27.7 Å². The Labute approximate surface area is 123 Å². The number of rotatable bonds is 7. The minimum absolute atomic E-state index is 0.351. The van der Waals surface area contributed by atoms with Crippen LogP contribution in [0.1, 0.15) is 31.9 Å². The quantitative estimate of drug-likeness (QED) is 0.806.